The standard InChI is InChI=1S/C38H24N4/c1-3-10-23(11-4-1)24-18-19-28-33(22-24)41(25-12-5-2-6-13-25)32-21-20-27-26-14-9-15-29-35-38(42(36(26)29)37(27)34(28)32)40-31-17-8-7-16-30(31)39-35/h1-22,38,40H. The van der Waals surface area contributed by atoms with Crippen molar-refractivity contribution in [2.45, 2.75) is 6.17 Å². The van der Waals surface area contributed by atoms with Gasteiger partial charge in [-0.1, -0.05) is 97.1 Å². The van der Waals surface area contributed by atoms with Crippen LogP contribution >= 0.6 is 0 Å². The molecule has 10 rings (SSSR count). The third kappa shape index (κ3) is 2.78. The van der Waals surface area contributed by atoms with Crippen molar-refractivity contribution in [3.63, 3.8) is 0 Å². The molecule has 4 heterocycles. The average molecular weight is 537 g/mol. The average Bonchev–Trinajstić information content (AvgIpc) is 3.68. The fraction of sp³-hybridized carbons (Fsp3) is 0.0263. The van der Waals surface area contributed by atoms with E-state index < -0.39 is 0 Å². The van der Waals surface area contributed by atoms with Gasteiger partial charge in [0.25, 0.3) is 0 Å². The minimum Gasteiger partial charge on any atom is -0.358 e. The van der Waals surface area contributed by atoms with Crippen LogP contribution in [0, 0.1) is 0 Å². The Kier molecular flexibility index (Phi) is 4.21. The molecule has 0 aliphatic carbocycles. The normalized spacial score (nSPS) is 15.2. The highest BCUT2D eigenvalue weighted by molar-refractivity contribution is 6.31. The van der Waals surface area contributed by atoms with Gasteiger partial charge in [-0.25, -0.2) is 4.99 Å². The van der Waals surface area contributed by atoms with Crippen molar-refractivity contribution in [1.29, 1.82) is 0 Å². The van der Waals surface area contributed by atoms with Gasteiger partial charge in [0.1, 0.15) is 6.17 Å². The second-order valence-corrected chi connectivity index (χ2v) is 11.3. The van der Waals surface area contributed by atoms with Gasteiger partial charge in [0.05, 0.1) is 39.2 Å². The molecule has 4 nitrogen and oxygen atoms in total. The summed E-state index contributed by atoms with van der Waals surface area (Å²) in [7, 11) is 0. The van der Waals surface area contributed by atoms with Crippen LogP contribution in [-0.4, -0.2) is 14.8 Å². The second-order valence-electron chi connectivity index (χ2n) is 11.3. The minimum absolute atomic E-state index is 0.0679. The van der Waals surface area contributed by atoms with Gasteiger partial charge < -0.3 is 14.5 Å². The quantitative estimate of drug-likeness (QED) is 0.234. The number of nitrogens with zero attached hydrogens (tertiary/aromatic N) is 3. The predicted molar refractivity (Wildman–Crippen MR) is 175 cm³/mol. The molecule has 0 fully saturated rings. The number of rotatable bonds is 2. The van der Waals surface area contributed by atoms with Crippen molar-refractivity contribution in [2.75, 3.05) is 5.32 Å². The van der Waals surface area contributed by atoms with Crippen LogP contribution in [0.5, 0.6) is 0 Å². The zero-order valence-electron chi connectivity index (χ0n) is 22.6. The van der Waals surface area contributed by atoms with Crippen molar-refractivity contribution in [3.05, 3.63) is 139 Å². The molecule has 1 unspecified atom stereocenters. The van der Waals surface area contributed by atoms with Gasteiger partial charge in [-0.05, 0) is 47.5 Å². The monoisotopic (exact) mass is 536 g/mol. The summed E-state index contributed by atoms with van der Waals surface area (Å²) in [5.74, 6) is 0. The van der Waals surface area contributed by atoms with E-state index in [1.165, 1.54) is 60.3 Å². The maximum atomic E-state index is 5.19. The van der Waals surface area contributed by atoms with E-state index in [4.69, 9.17) is 4.99 Å². The lowest BCUT2D eigenvalue weighted by molar-refractivity contribution is 0.781. The van der Waals surface area contributed by atoms with Crippen LogP contribution in [0.25, 0.3) is 60.4 Å². The van der Waals surface area contributed by atoms with E-state index in [1.807, 2.05) is 0 Å². The summed E-state index contributed by atoms with van der Waals surface area (Å²) >= 11 is 0. The number of aromatic nitrogens is 2. The van der Waals surface area contributed by atoms with E-state index in [9.17, 15) is 0 Å². The first kappa shape index (κ1) is 22.1. The maximum absolute atomic E-state index is 5.19. The third-order valence-corrected chi connectivity index (χ3v) is 9.06. The van der Waals surface area contributed by atoms with Crippen LogP contribution in [0.15, 0.2) is 138 Å². The molecule has 42 heavy (non-hydrogen) atoms. The number of hydrogen-bond donors (Lipinski definition) is 1. The zero-order chi connectivity index (χ0) is 27.4. The lowest BCUT2D eigenvalue weighted by Crippen LogP contribution is -2.25. The van der Waals surface area contributed by atoms with E-state index in [0.717, 1.165) is 22.8 Å². The van der Waals surface area contributed by atoms with Gasteiger partial charge in [0.15, 0.2) is 0 Å². The van der Waals surface area contributed by atoms with E-state index in [-0.39, 0.29) is 6.17 Å². The number of para-hydroxylation sites is 4. The van der Waals surface area contributed by atoms with Crippen LogP contribution in [0.3, 0.4) is 0 Å². The highest BCUT2D eigenvalue weighted by Crippen LogP contribution is 2.48. The number of hydrogen-bond acceptors (Lipinski definition) is 2. The molecule has 2 aliphatic rings. The predicted octanol–water partition coefficient (Wildman–Crippen LogP) is 9.62. The molecular weight excluding hydrogens is 512 g/mol. The summed E-state index contributed by atoms with van der Waals surface area (Å²) in [6.07, 6.45) is -0.0679. The largest absolute Gasteiger partial charge is 0.358 e. The number of fused-ring (bicyclic) bond motifs is 11. The molecule has 2 aromatic heterocycles. The lowest BCUT2D eigenvalue weighted by atomic mass is 10.0. The van der Waals surface area contributed by atoms with E-state index >= 15 is 0 Å². The Hall–Kier alpha value is -5.61. The van der Waals surface area contributed by atoms with Crippen LogP contribution in [0.1, 0.15) is 11.7 Å². The second kappa shape index (κ2) is 7.99. The summed E-state index contributed by atoms with van der Waals surface area (Å²) in [6, 6.07) is 48.0. The van der Waals surface area contributed by atoms with Gasteiger partial charge in [-0.15, -0.1) is 0 Å². The molecule has 1 N–H and O–H groups in total. The van der Waals surface area contributed by atoms with Gasteiger partial charge in [-0.2, -0.15) is 0 Å². The van der Waals surface area contributed by atoms with Crippen LogP contribution < -0.4 is 5.32 Å². The van der Waals surface area contributed by atoms with Gasteiger partial charge in [0, 0.05) is 32.8 Å². The Bertz CT molecular complexity index is 2430. The molecule has 0 bridgehead atoms. The van der Waals surface area contributed by atoms with Crippen LogP contribution in [-0.2, 0) is 0 Å². The topological polar surface area (TPSA) is 34.2 Å². The SMILES string of the molecule is c1ccc(-c2ccc3c4c(ccc5c6cccc7c6n(c54)C4Nc5ccccc5N=C74)n(-c4ccccc4)c3c2)cc1. The number of benzene rings is 6. The molecule has 0 amide bonds. The first-order valence-corrected chi connectivity index (χ1v) is 14.4. The van der Waals surface area contributed by atoms with Crippen molar-refractivity contribution < 1.29 is 0 Å². The van der Waals surface area contributed by atoms with Crippen molar-refractivity contribution in [1.82, 2.24) is 9.13 Å². The van der Waals surface area contributed by atoms with E-state index in [2.05, 4.69) is 148 Å². The molecule has 0 saturated carbocycles. The summed E-state index contributed by atoms with van der Waals surface area (Å²) in [4.78, 5) is 5.19. The molecule has 196 valence electrons. The lowest BCUT2D eigenvalue weighted by Gasteiger charge is -2.25. The zero-order valence-corrected chi connectivity index (χ0v) is 22.6. The molecule has 2 aliphatic heterocycles. The Morgan fingerprint density at radius 1 is 0.571 bits per heavy atom. The Morgan fingerprint density at radius 3 is 2.21 bits per heavy atom. The molecule has 0 saturated heterocycles. The molecule has 6 aromatic carbocycles. The molecule has 0 radical (unpaired) electrons. The fourth-order valence-corrected chi connectivity index (χ4v) is 7.31. The smallest absolute Gasteiger partial charge is 0.148 e. The minimum atomic E-state index is -0.0679. The van der Waals surface area contributed by atoms with E-state index in [1.54, 1.807) is 0 Å². The molecule has 8 aromatic rings. The van der Waals surface area contributed by atoms with Crippen molar-refractivity contribution >= 4 is 60.7 Å². The van der Waals surface area contributed by atoms with Gasteiger partial charge >= 0.3 is 0 Å². The Morgan fingerprint density at radius 2 is 1.33 bits per heavy atom. The number of aliphatic imine (C=N–C) groups is 1. The molecule has 0 spiro atoms. The van der Waals surface area contributed by atoms with Gasteiger partial charge in [0.2, 0.25) is 0 Å². The van der Waals surface area contributed by atoms with Crippen LogP contribution in [0.4, 0.5) is 11.4 Å². The van der Waals surface area contributed by atoms with Crippen molar-refractivity contribution in [2.24, 2.45) is 4.99 Å². The van der Waals surface area contributed by atoms with Gasteiger partial charge in [-0.3, -0.25) is 0 Å². The summed E-state index contributed by atoms with van der Waals surface area (Å²) < 4.78 is 4.94. The summed E-state index contributed by atoms with van der Waals surface area (Å²) in [5.41, 5.74) is 12.9. The first-order chi connectivity index (χ1) is 20.8. The Balaban J connectivity index is 1.36. The maximum Gasteiger partial charge on any atom is 0.148 e. The van der Waals surface area contributed by atoms with Crippen molar-refractivity contribution in [3.8, 4) is 16.8 Å². The first-order valence-electron chi connectivity index (χ1n) is 14.4. The summed E-state index contributed by atoms with van der Waals surface area (Å²) in [5, 5.41) is 8.92. The highest BCUT2D eigenvalue weighted by Gasteiger charge is 2.36. The fourth-order valence-electron chi connectivity index (χ4n) is 7.31. The number of nitrogens with one attached hydrogen (secondary N) is 1. The number of anilines is 1. The highest BCUT2D eigenvalue weighted by atomic mass is 15.2. The summed E-state index contributed by atoms with van der Waals surface area (Å²) in [6.45, 7) is 0. The van der Waals surface area contributed by atoms with Crippen LogP contribution in [0.2, 0.25) is 0 Å². The molecule has 4 heteroatoms. The Labute approximate surface area is 241 Å². The molecule has 1 atom stereocenters. The third-order valence-electron chi connectivity index (χ3n) is 9.06. The molecular formula is C38H24N4. The van der Waals surface area contributed by atoms with E-state index in [0.29, 0.717) is 0 Å².